The largest absolute Gasteiger partial charge is 0.479 e. The minimum atomic E-state index is -0.523. The molecule has 2 aromatic rings. The first-order valence-electron chi connectivity index (χ1n) is 6.00. The molecule has 0 bridgehead atoms. The van der Waals surface area contributed by atoms with Gasteiger partial charge in [-0.25, -0.2) is 0 Å². The molecule has 1 heterocycles. The Morgan fingerprint density at radius 3 is 2.76 bits per heavy atom. The van der Waals surface area contributed by atoms with Crippen molar-refractivity contribution in [2.75, 3.05) is 6.61 Å². The molecule has 2 rings (SSSR count). The van der Waals surface area contributed by atoms with E-state index in [2.05, 4.69) is 5.16 Å². The molecule has 0 radical (unpaired) electrons. The van der Waals surface area contributed by atoms with E-state index in [1.165, 1.54) is 13.0 Å². The van der Waals surface area contributed by atoms with E-state index in [1.54, 1.807) is 30.3 Å². The smallest absolute Gasteiger partial charge is 0.338 e. The van der Waals surface area contributed by atoms with Crippen molar-refractivity contribution in [3.63, 3.8) is 0 Å². The van der Waals surface area contributed by atoms with E-state index in [9.17, 15) is 10.1 Å². The molecule has 0 saturated carbocycles. The van der Waals surface area contributed by atoms with Crippen molar-refractivity contribution in [2.24, 2.45) is 0 Å². The average molecular weight is 285 g/mol. The van der Waals surface area contributed by atoms with Gasteiger partial charge in [-0.3, -0.25) is 10.1 Å². The first-order valence-corrected chi connectivity index (χ1v) is 6.00. The standard InChI is InChI=1S/C14H11N3O4/c1-10-14(17(18)19)13(21-16-10)7-4-11-2-5-12(6-3-11)20-9-8-15/h2-7H,9H2,1H3. The van der Waals surface area contributed by atoms with Gasteiger partial charge in [-0.2, -0.15) is 5.26 Å². The van der Waals surface area contributed by atoms with E-state index >= 15 is 0 Å². The van der Waals surface area contributed by atoms with Gasteiger partial charge in [0.2, 0.25) is 5.76 Å². The summed E-state index contributed by atoms with van der Waals surface area (Å²) in [7, 11) is 0. The van der Waals surface area contributed by atoms with Gasteiger partial charge in [-0.1, -0.05) is 23.4 Å². The van der Waals surface area contributed by atoms with Crippen LogP contribution >= 0.6 is 0 Å². The van der Waals surface area contributed by atoms with Crippen molar-refractivity contribution in [3.05, 3.63) is 51.4 Å². The summed E-state index contributed by atoms with van der Waals surface area (Å²) in [6, 6.07) is 8.81. The minimum Gasteiger partial charge on any atom is -0.479 e. The van der Waals surface area contributed by atoms with Crippen molar-refractivity contribution in [1.82, 2.24) is 5.16 Å². The van der Waals surface area contributed by atoms with E-state index in [1.807, 2.05) is 6.07 Å². The number of hydrogen-bond donors (Lipinski definition) is 0. The van der Waals surface area contributed by atoms with Gasteiger partial charge < -0.3 is 9.26 Å². The highest BCUT2D eigenvalue weighted by molar-refractivity contribution is 5.71. The molecular weight excluding hydrogens is 274 g/mol. The molecule has 0 spiro atoms. The van der Waals surface area contributed by atoms with Crippen LogP contribution < -0.4 is 4.74 Å². The Bertz CT molecular complexity index is 711. The summed E-state index contributed by atoms with van der Waals surface area (Å²) in [5.74, 6) is 0.678. The molecule has 0 atom stereocenters. The van der Waals surface area contributed by atoms with Gasteiger partial charge in [0.15, 0.2) is 12.3 Å². The number of benzene rings is 1. The third kappa shape index (κ3) is 3.45. The Labute approximate surface area is 120 Å². The number of nitrogens with zero attached hydrogens (tertiary/aromatic N) is 3. The molecule has 7 heteroatoms. The zero-order valence-corrected chi connectivity index (χ0v) is 11.1. The maximum Gasteiger partial charge on any atom is 0.338 e. The molecule has 0 aliphatic carbocycles. The fraction of sp³-hybridized carbons (Fsp3) is 0.143. The lowest BCUT2D eigenvalue weighted by atomic mass is 10.2. The van der Waals surface area contributed by atoms with Crippen LogP contribution in [0.5, 0.6) is 5.75 Å². The van der Waals surface area contributed by atoms with Crippen LogP contribution in [0.25, 0.3) is 12.2 Å². The molecule has 106 valence electrons. The molecule has 1 aromatic carbocycles. The van der Waals surface area contributed by atoms with Crippen LogP contribution in [0, 0.1) is 28.4 Å². The molecule has 0 aliphatic heterocycles. The van der Waals surface area contributed by atoms with Crippen LogP contribution in [0.4, 0.5) is 5.69 Å². The number of hydrogen-bond acceptors (Lipinski definition) is 6. The van der Waals surface area contributed by atoms with Crippen LogP contribution in [0.2, 0.25) is 0 Å². The maximum atomic E-state index is 10.9. The van der Waals surface area contributed by atoms with E-state index in [0.717, 1.165) is 5.56 Å². The van der Waals surface area contributed by atoms with Crippen molar-refractivity contribution < 1.29 is 14.2 Å². The minimum absolute atomic E-state index is 0.0152. The lowest BCUT2D eigenvalue weighted by molar-refractivity contribution is -0.386. The summed E-state index contributed by atoms with van der Waals surface area (Å²) in [4.78, 5) is 10.4. The SMILES string of the molecule is Cc1noc(C=Cc2ccc(OCC#N)cc2)c1[N+](=O)[O-]. The predicted molar refractivity (Wildman–Crippen MR) is 74.4 cm³/mol. The molecule has 0 aliphatic rings. The van der Waals surface area contributed by atoms with Gasteiger partial charge in [0.05, 0.1) is 4.92 Å². The summed E-state index contributed by atoms with van der Waals surface area (Å²) in [6.45, 7) is 1.50. The number of ether oxygens (including phenoxy) is 1. The van der Waals surface area contributed by atoms with E-state index < -0.39 is 4.92 Å². The molecule has 0 amide bonds. The average Bonchev–Trinajstić information content (AvgIpc) is 2.85. The second-order valence-electron chi connectivity index (χ2n) is 4.09. The Kier molecular flexibility index (Phi) is 4.31. The zero-order valence-electron chi connectivity index (χ0n) is 11.1. The van der Waals surface area contributed by atoms with Crippen molar-refractivity contribution in [3.8, 4) is 11.8 Å². The van der Waals surface area contributed by atoms with Crippen molar-refractivity contribution in [1.29, 1.82) is 5.26 Å². The summed E-state index contributed by atoms with van der Waals surface area (Å²) >= 11 is 0. The Balaban J connectivity index is 2.15. The Hall–Kier alpha value is -3.14. The second kappa shape index (κ2) is 6.34. The number of aromatic nitrogens is 1. The third-order valence-corrected chi connectivity index (χ3v) is 2.65. The third-order valence-electron chi connectivity index (χ3n) is 2.65. The van der Waals surface area contributed by atoms with Crippen LogP contribution in [0.15, 0.2) is 28.8 Å². The number of nitro groups is 1. The number of aryl methyl sites for hydroxylation is 1. The first-order chi connectivity index (χ1) is 10.1. The van der Waals surface area contributed by atoms with Crippen LogP contribution in [-0.2, 0) is 0 Å². The number of nitriles is 1. The summed E-state index contributed by atoms with van der Waals surface area (Å²) in [6.07, 6.45) is 3.16. The fourth-order valence-electron chi connectivity index (χ4n) is 1.68. The first kappa shape index (κ1) is 14.3. The van der Waals surface area contributed by atoms with Crippen LogP contribution in [0.1, 0.15) is 17.0 Å². The fourth-order valence-corrected chi connectivity index (χ4v) is 1.68. The predicted octanol–water partition coefficient (Wildman–Crippen LogP) is 2.96. The highest BCUT2D eigenvalue weighted by atomic mass is 16.6. The molecule has 7 nitrogen and oxygen atoms in total. The Morgan fingerprint density at radius 2 is 2.14 bits per heavy atom. The topological polar surface area (TPSA) is 102 Å². The second-order valence-corrected chi connectivity index (χ2v) is 4.09. The van der Waals surface area contributed by atoms with Crippen LogP contribution in [-0.4, -0.2) is 16.7 Å². The summed E-state index contributed by atoms with van der Waals surface area (Å²) < 4.78 is 10.0. The molecule has 0 N–H and O–H groups in total. The lowest BCUT2D eigenvalue weighted by Crippen LogP contribution is -1.92. The van der Waals surface area contributed by atoms with E-state index in [0.29, 0.717) is 5.75 Å². The van der Waals surface area contributed by atoms with Gasteiger partial charge in [0.25, 0.3) is 0 Å². The van der Waals surface area contributed by atoms with Gasteiger partial charge in [0, 0.05) is 0 Å². The van der Waals surface area contributed by atoms with E-state index in [4.69, 9.17) is 14.5 Å². The zero-order chi connectivity index (χ0) is 15.2. The van der Waals surface area contributed by atoms with Crippen LogP contribution in [0.3, 0.4) is 0 Å². The molecule has 0 saturated heterocycles. The monoisotopic (exact) mass is 285 g/mol. The molecule has 0 unspecified atom stereocenters. The number of rotatable bonds is 5. The summed E-state index contributed by atoms with van der Waals surface area (Å²) in [5.41, 5.74) is 0.905. The van der Waals surface area contributed by atoms with Gasteiger partial charge in [-0.15, -0.1) is 0 Å². The highest BCUT2D eigenvalue weighted by Gasteiger charge is 2.21. The van der Waals surface area contributed by atoms with Crippen molar-refractivity contribution in [2.45, 2.75) is 6.92 Å². The van der Waals surface area contributed by atoms with Gasteiger partial charge in [0.1, 0.15) is 11.8 Å². The Morgan fingerprint density at radius 1 is 1.43 bits per heavy atom. The molecule has 21 heavy (non-hydrogen) atoms. The molecular formula is C14H11N3O4. The molecule has 0 fully saturated rings. The normalized spacial score (nSPS) is 10.5. The van der Waals surface area contributed by atoms with Gasteiger partial charge in [-0.05, 0) is 30.7 Å². The van der Waals surface area contributed by atoms with Gasteiger partial charge >= 0.3 is 5.69 Å². The highest BCUT2D eigenvalue weighted by Crippen LogP contribution is 2.24. The summed E-state index contributed by atoms with van der Waals surface area (Å²) in [5, 5.41) is 22.9. The maximum absolute atomic E-state index is 10.9. The van der Waals surface area contributed by atoms with Crippen molar-refractivity contribution >= 4 is 17.8 Å². The van der Waals surface area contributed by atoms with E-state index in [-0.39, 0.29) is 23.7 Å². The lowest BCUT2D eigenvalue weighted by Gasteiger charge is -2.00. The quantitative estimate of drug-likeness (QED) is 0.618. The molecule has 1 aromatic heterocycles.